The van der Waals surface area contributed by atoms with Crippen LogP contribution in [0, 0.1) is 11.8 Å². The summed E-state index contributed by atoms with van der Waals surface area (Å²) >= 11 is 0. The van der Waals surface area contributed by atoms with E-state index in [1.807, 2.05) is 11.6 Å². The number of carboxylic acids is 1. The topological polar surface area (TPSA) is 87.5 Å². The second kappa shape index (κ2) is 8.42. The fraction of sp³-hybridized carbons (Fsp3) is 0.750. The van der Waals surface area contributed by atoms with E-state index in [1.54, 1.807) is 6.20 Å². The van der Waals surface area contributed by atoms with Gasteiger partial charge in [0.25, 0.3) is 5.91 Å². The molecule has 2 aliphatic rings. The first kappa shape index (κ1) is 19.9. The Kier molecular flexibility index (Phi) is 6.19. The molecule has 3 rings (SSSR count). The summed E-state index contributed by atoms with van der Waals surface area (Å²) in [4.78, 5) is 25.9. The monoisotopic (exact) mass is 376 g/mol. The van der Waals surface area contributed by atoms with Crippen molar-refractivity contribution in [3.63, 3.8) is 0 Å². The molecular formula is C20H32N4O3. The van der Waals surface area contributed by atoms with E-state index in [0.717, 1.165) is 38.0 Å². The van der Waals surface area contributed by atoms with Crippen molar-refractivity contribution in [2.75, 3.05) is 13.1 Å². The fourth-order valence-corrected chi connectivity index (χ4v) is 3.89. The maximum Gasteiger partial charge on any atom is 0.317 e. The van der Waals surface area contributed by atoms with Gasteiger partial charge in [-0.25, -0.2) is 0 Å². The third-order valence-corrected chi connectivity index (χ3v) is 5.56. The average molecular weight is 377 g/mol. The molecule has 0 radical (unpaired) electrons. The summed E-state index contributed by atoms with van der Waals surface area (Å²) in [6.07, 6.45) is 6.53. The van der Waals surface area contributed by atoms with E-state index in [9.17, 15) is 9.59 Å². The van der Waals surface area contributed by atoms with E-state index >= 15 is 0 Å². The van der Waals surface area contributed by atoms with Gasteiger partial charge in [0.1, 0.15) is 0 Å². The molecule has 27 heavy (non-hydrogen) atoms. The van der Waals surface area contributed by atoms with Crippen LogP contribution in [-0.2, 0) is 17.8 Å². The van der Waals surface area contributed by atoms with Crippen molar-refractivity contribution in [1.29, 1.82) is 0 Å². The second-order valence-corrected chi connectivity index (χ2v) is 8.50. The van der Waals surface area contributed by atoms with Crippen LogP contribution in [0.3, 0.4) is 0 Å². The summed E-state index contributed by atoms with van der Waals surface area (Å²) < 4.78 is 1.94. The minimum atomic E-state index is -0.770. The highest BCUT2D eigenvalue weighted by Crippen LogP contribution is 2.33. The molecule has 1 aromatic rings. The van der Waals surface area contributed by atoms with Crippen LogP contribution in [0.5, 0.6) is 0 Å². The Balaban J connectivity index is 1.54. The zero-order valence-corrected chi connectivity index (χ0v) is 16.6. The molecule has 0 bridgehead atoms. The Hall–Kier alpha value is -1.89. The predicted molar refractivity (Wildman–Crippen MR) is 103 cm³/mol. The zero-order valence-electron chi connectivity index (χ0n) is 16.6. The quantitative estimate of drug-likeness (QED) is 0.653. The van der Waals surface area contributed by atoms with E-state index < -0.39 is 5.97 Å². The SMILES string of the molecule is CCc1c(C(=O)NC2CC(N(CC(=O)O)CC3CC3)C2)cnn1CC(C)C. The van der Waals surface area contributed by atoms with E-state index in [0.29, 0.717) is 17.4 Å². The average Bonchev–Trinajstić information content (AvgIpc) is 3.27. The summed E-state index contributed by atoms with van der Waals surface area (Å²) in [5.74, 6) is 0.313. The van der Waals surface area contributed by atoms with Gasteiger partial charge in [0.15, 0.2) is 0 Å². The normalized spacial score (nSPS) is 22.1. The molecule has 1 aromatic heterocycles. The van der Waals surface area contributed by atoms with Crippen LogP contribution in [0.15, 0.2) is 6.20 Å². The molecule has 0 saturated heterocycles. The lowest BCUT2D eigenvalue weighted by Crippen LogP contribution is -2.55. The molecule has 2 fully saturated rings. The summed E-state index contributed by atoms with van der Waals surface area (Å²) in [6.45, 7) is 8.11. The summed E-state index contributed by atoms with van der Waals surface area (Å²) in [5, 5.41) is 16.7. The first-order valence-corrected chi connectivity index (χ1v) is 10.2. The fourth-order valence-electron chi connectivity index (χ4n) is 3.89. The highest BCUT2D eigenvalue weighted by molar-refractivity contribution is 5.95. The number of hydrogen-bond acceptors (Lipinski definition) is 4. The zero-order chi connectivity index (χ0) is 19.6. The van der Waals surface area contributed by atoms with Crippen molar-refractivity contribution in [1.82, 2.24) is 20.0 Å². The number of nitrogens with one attached hydrogen (secondary N) is 1. The van der Waals surface area contributed by atoms with Crippen molar-refractivity contribution in [2.45, 2.75) is 71.5 Å². The molecule has 7 nitrogen and oxygen atoms in total. The number of nitrogens with zero attached hydrogens (tertiary/aromatic N) is 3. The van der Waals surface area contributed by atoms with Gasteiger partial charge in [0, 0.05) is 25.2 Å². The maximum absolute atomic E-state index is 12.7. The lowest BCUT2D eigenvalue weighted by atomic mass is 9.85. The highest BCUT2D eigenvalue weighted by atomic mass is 16.4. The third-order valence-electron chi connectivity index (χ3n) is 5.56. The third kappa shape index (κ3) is 5.09. The Morgan fingerprint density at radius 3 is 2.63 bits per heavy atom. The van der Waals surface area contributed by atoms with E-state index in [4.69, 9.17) is 5.11 Å². The van der Waals surface area contributed by atoms with Gasteiger partial charge < -0.3 is 10.4 Å². The van der Waals surface area contributed by atoms with Crippen LogP contribution in [0.2, 0.25) is 0 Å². The van der Waals surface area contributed by atoms with Crippen molar-refractivity contribution in [3.05, 3.63) is 17.5 Å². The lowest BCUT2D eigenvalue weighted by molar-refractivity contribution is -0.139. The summed E-state index contributed by atoms with van der Waals surface area (Å²) in [6, 6.07) is 0.387. The van der Waals surface area contributed by atoms with Gasteiger partial charge in [-0.1, -0.05) is 20.8 Å². The minimum Gasteiger partial charge on any atom is -0.480 e. The van der Waals surface area contributed by atoms with Crippen molar-refractivity contribution >= 4 is 11.9 Å². The smallest absolute Gasteiger partial charge is 0.317 e. The number of aromatic nitrogens is 2. The lowest BCUT2D eigenvalue weighted by Gasteiger charge is -2.42. The first-order chi connectivity index (χ1) is 12.9. The maximum atomic E-state index is 12.7. The van der Waals surface area contributed by atoms with Crippen LogP contribution in [0.1, 0.15) is 62.5 Å². The van der Waals surface area contributed by atoms with Gasteiger partial charge in [-0.2, -0.15) is 5.10 Å². The Morgan fingerprint density at radius 1 is 1.37 bits per heavy atom. The largest absolute Gasteiger partial charge is 0.480 e. The van der Waals surface area contributed by atoms with Crippen LogP contribution in [0.4, 0.5) is 0 Å². The summed E-state index contributed by atoms with van der Waals surface area (Å²) in [5.41, 5.74) is 1.65. The van der Waals surface area contributed by atoms with Gasteiger partial charge in [-0.05, 0) is 43.9 Å². The predicted octanol–water partition coefficient (Wildman–Crippen LogP) is 2.16. The van der Waals surface area contributed by atoms with Gasteiger partial charge in [-0.3, -0.25) is 19.2 Å². The van der Waals surface area contributed by atoms with Gasteiger partial charge in [-0.15, -0.1) is 0 Å². The van der Waals surface area contributed by atoms with E-state index in [2.05, 4.69) is 29.2 Å². The number of aliphatic carboxylic acids is 1. The van der Waals surface area contributed by atoms with Gasteiger partial charge in [0.2, 0.25) is 0 Å². The first-order valence-electron chi connectivity index (χ1n) is 10.2. The number of rotatable bonds is 10. The molecular weight excluding hydrogens is 344 g/mol. The Bertz CT molecular complexity index is 675. The van der Waals surface area contributed by atoms with Crippen molar-refractivity contribution in [3.8, 4) is 0 Å². The van der Waals surface area contributed by atoms with Crippen LogP contribution < -0.4 is 5.32 Å². The van der Waals surface area contributed by atoms with Crippen LogP contribution in [0.25, 0.3) is 0 Å². The van der Waals surface area contributed by atoms with Crippen LogP contribution in [-0.4, -0.2) is 56.8 Å². The Labute approximate surface area is 161 Å². The number of hydrogen-bond donors (Lipinski definition) is 2. The highest BCUT2D eigenvalue weighted by Gasteiger charge is 2.38. The number of carbonyl (C=O) groups is 2. The standard InChI is InChI=1S/C20H32N4O3/c1-4-18-17(9-21-24(18)10-13(2)3)20(27)22-15-7-16(8-15)23(12-19(25)26)11-14-5-6-14/h9,13-16H,4-8,10-12H2,1-3H3,(H,22,27)(H,25,26). The molecule has 0 aliphatic heterocycles. The van der Waals surface area contributed by atoms with Gasteiger partial charge >= 0.3 is 5.97 Å². The molecule has 7 heteroatoms. The molecule has 2 saturated carbocycles. The minimum absolute atomic E-state index is 0.0581. The van der Waals surface area contributed by atoms with Crippen LogP contribution >= 0.6 is 0 Å². The molecule has 0 aromatic carbocycles. The van der Waals surface area contributed by atoms with E-state index in [-0.39, 0.29) is 24.5 Å². The number of amides is 1. The molecule has 1 amide bonds. The Morgan fingerprint density at radius 2 is 2.07 bits per heavy atom. The number of carbonyl (C=O) groups excluding carboxylic acids is 1. The molecule has 2 N–H and O–H groups in total. The summed E-state index contributed by atoms with van der Waals surface area (Å²) in [7, 11) is 0. The van der Waals surface area contributed by atoms with Crippen molar-refractivity contribution < 1.29 is 14.7 Å². The second-order valence-electron chi connectivity index (χ2n) is 8.50. The molecule has 0 atom stereocenters. The molecule has 0 spiro atoms. The number of carboxylic acid groups (broad SMARTS) is 1. The van der Waals surface area contributed by atoms with E-state index in [1.165, 1.54) is 12.8 Å². The van der Waals surface area contributed by atoms with Gasteiger partial charge in [0.05, 0.1) is 24.0 Å². The molecule has 0 unspecified atom stereocenters. The molecule has 1 heterocycles. The van der Waals surface area contributed by atoms with Crippen molar-refractivity contribution in [2.24, 2.45) is 11.8 Å². The molecule has 150 valence electrons. The molecule has 2 aliphatic carbocycles.